The minimum absolute atomic E-state index is 0.00151. The number of nitrogens with zero attached hydrogens (tertiary/aromatic N) is 1. The van der Waals surface area contributed by atoms with Gasteiger partial charge < -0.3 is 42.0 Å². The summed E-state index contributed by atoms with van der Waals surface area (Å²) in [6.07, 6.45) is 4.22. The van der Waals surface area contributed by atoms with Gasteiger partial charge >= 0.3 is 11.9 Å². The van der Waals surface area contributed by atoms with Gasteiger partial charge in [-0.2, -0.15) is 11.8 Å². The fourth-order valence-electron chi connectivity index (χ4n) is 3.63. The average Bonchev–Trinajstić information content (AvgIpc) is 3.42. The van der Waals surface area contributed by atoms with E-state index in [-0.39, 0.29) is 37.9 Å². The number of hydrogen-bond acceptors (Lipinski definition) is 9. The first-order valence-corrected chi connectivity index (χ1v) is 13.7. The molecule has 3 amide bonds. The third kappa shape index (κ3) is 10.9. The predicted octanol–water partition coefficient (Wildman–Crippen LogP) is -0.615. The second-order valence-corrected chi connectivity index (χ2v) is 9.98. The van der Waals surface area contributed by atoms with Gasteiger partial charge in [0, 0.05) is 31.2 Å². The van der Waals surface area contributed by atoms with E-state index in [1.165, 1.54) is 36.4 Å². The molecule has 0 aliphatic rings. The van der Waals surface area contributed by atoms with Crippen molar-refractivity contribution in [3.05, 3.63) is 48.0 Å². The van der Waals surface area contributed by atoms with Crippen molar-refractivity contribution >= 4 is 41.4 Å². The monoisotopic (exact) mass is 578 g/mol. The number of carboxylic acids is 2. The fraction of sp³-hybridized carbons (Fsp3) is 0.440. The molecule has 0 saturated carbocycles. The lowest BCUT2D eigenvalue weighted by Gasteiger charge is -2.25. The van der Waals surface area contributed by atoms with Crippen LogP contribution in [0.1, 0.15) is 30.5 Å². The summed E-state index contributed by atoms with van der Waals surface area (Å²) in [5.41, 5.74) is 6.83. The molecule has 0 spiro atoms. The molecular formula is C25H34N6O8S. The number of carbonyl (C=O) groups is 5. The number of nitrogens with one attached hydrogen (secondary N) is 4. The van der Waals surface area contributed by atoms with Gasteiger partial charge in [-0.15, -0.1) is 0 Å². The zero-order valence-electron chi connectivity index (χ0n) is 21.8. The van der Waals surface area contributed by atoms with E-state index >= 15 is 0 Å². The molecule has 15 heteroatoms. The molecule has 2 aromatic rings. The number of rotatable bonds is 17. The summed E-state index contributed by atoms with van der Waals surface area (Å²) in [6.45, 7) is 0. The molecule has 4 atom stereocenters. The van der Waals surface area contributed by atoms with Crippen LogP contribution < -0.4 is 21.7 Å². The van der Waals surface area contributed by atoms with Gasteiger partial charge in [0.15, 0.2) is 0 Å². The number of hydrogen-bond donors (Lipinski definition) is 8. The van der Waals surface area contributed by atoms with E-state index in [9.17, 15) is 34.2 Å². The molecule has 0 aliphatic heterocycles. The fourth-order valence-corrected chi connectivity index (χ4v) is 4.10. The Labute approximate surface area is 234 Å². The van der Waals surface area contributed by atoms with Crippen LogP contribution in [0.3, 0.4) is 0 Å². The Balaban J connectivity index is 2.22. The van der Waals surface area contributed by atoms with Crippen LogP contribution >= 0.6 is 11.8 Å². The maximum Gasteiger partial charge on any atom is 0.326 e. The number of phenolic OH excluding ortho intramolecular Hbond substituents is 1. The SMILES string of the molecule is CSCCC(NC(=O)C(N)CCC(=O)O)C(=O)NC(Cc1ccc(O)cc1)C(=O)NC(Cc1cnc[nH]1)C(=O)O. The second-order valence-electron chi connectivity index (χ2n) is 8.99. The van der Waals surface area contributed by atoms with Gasteiger partial charge in [0.25, 0.3) is 0 Å². The van der Waals surface area contributed by atoms with E-state index in [1.807, 2.05) is 6.26 Å². The first kappa shape index (κ1) is 32.1. The van der Waals surface area contributed by atoms with Crippen molar-refractivity contribution in [1.29, 1.82) is 0 Å². The Morgan fingerprint density at radius 1 is 0.925 bits per heavy atom. The number of thioether (sulfide) groups is 1. The number of aromatic amines is 1. The lowest BCUT2D eigenvalue weighted by Crippen LogP contribution is -2.58. The highest BCUT2D eigenvalue weighted by Gasteiger charge is 2.31. The molecule has 2 rings (SSSR count). The highest BCUT2D eigenvalue weighted by Crippen LogP contribution is 2.13. The summed E-state index contributed by atoms with van der Waals surface area (Å²) < 4.78 is 0. The number of aliphatic carboxylic acids is 2. The highest BCUT2D eigenvalue weighted by molar-refractivity contribution is 7.98. The molecule has 9 N–H and O–H groups in total. The van der Waals surface area contributed by atoms with Gasteiger partial charge in [-0.3, -0.25) is 19.2 Å². The number of amides is 3. The summed E-state index contributed by atoms with van der Waals surface area (Å²) in [7, 11) is 0. The predicted molar refractivity (Wildman–Crippen MR) is 145 cm³/mol. The number of nitrogens with two attached hydrogens (primary N) is 1. The molecule has 218 valence electrons. The van der Waals surface area contributed by atoms with Crippen molar-refractivity contribution in [2.45, 2.75) is 56.3 Å². The number of H-pyrrole nitrogens is 1. The molecule has 1 aromatic heterocycles. The zero-order chi connectivity index (χ0) is 29.7. The van der Waals surface area contributed by atoms with E-state index in [0.717, 1.165) is 0 Å². The zero-order valence-corrected chi connectivity index (χ0v) is 22.6. The number of carbonyl (C=O) groups excluding carboxylic acids is 3. The van der Waals surface area contributed by atoms with E-state index in [1.54, 1.807) is 12.1 Å². The van der Waals surface area contributed by atoms with Crippen LogP contribution in [0.4, 0.5) is 0 Å². The molecule has 40 heavy (non-hydrogen) atoms. The molecule has 4 unspecified atom stereocenters. The maximum atomic E-state index is 13.3. The Kier molecular flexibility index (Phi) is 12.9. The normalized spacial score (nSPS) is 13.8. The molecule has 0 fully saturated rings. The molecule has 0 bridgehead atoms. The van der Waals surface area contributed by atoms with Crippen LogP contribution in [0.2, 0.25) is 0 Å². The number of imidazole rings is 1. The van der Waals surface area contributed by atoms with Crippen LogP contribution in [-0.4, -0.2) is 91.1 Å². The highest BCUT2D eigenvalue weighted by atomic mass is 32.2. The third-order valence-electron chi connectivity index (χ3n) is 5.85. The standard InChI is InChI=1S/C25H34N6O8S/c1-40-9-8-18(29-22(35)17(26)6-7-21(33)34)23(36)30-19(10-14-2-4-16(32)5-3-14)24(37)31-20(25(38)39)11-15-12-27-13-28-15/h2-5,12-13,17-20,32H,6-11,26H2,1H3,(H,27,28)(H,29,35)(H,30,36)(H,31,37)(H,33,34)(H,38,39). The van der Waals surface area contributed by atoms with Crippen LogP contribution in [0.15, 0.2) is 36.8 Å². The number of benzene rings is 1. The van der Waals surface area contributed by atoms with Crippen molar-refractivity contribution in [2.24, 2.45) is 5.73 Å². The molecule has 14 nitrogen and oxygen atoms in total. The Morgan fingerprint density at radius 2 is 1.55 bits per heavy atom. The van der Waals surface area contributed by atoms with Crippen molar-refractivity contribution < 1.29 is 39.3 Å². The van der Waals surface area contributed by atoms with Gasteiger partial charge in [-0.1, -0.05) is 12.1 Å². The van der Waals surface area contributed by atoms with Crippen molar-refractivity contribution in [3.63, 3.8) is 0 Å². The van der Waals surface area contributed by atoms with Crippen molar-refractivity contribution in [1.82, 2.24) is 25.9 Å². The molecule has 1 heterocycles. The van der Waals surface area contributed by atoms with Gasteiger partial charge in [0.05, 0.1) is 12.4 Å². The summed E-state index contributed by atoms with van der Waals surface area (Å²) >= 11 is 1.42. The van der Waals surface area contributed by atoms with Crippen molar-refractivity contribution in [3.8, 4) is 5.75 Å². The van der Waals surface area contributed by atoms with Crippen LogP contribution in [0.25, 0.3) is 0 Å². The molecule has 0 aliphatic carbocycles. The van der Waals surface area contributed by atoms with Crippen LogP contribution in [0.5, 0.6) is 5.75 Å². The van der Waals surface area contributed by atoms with Gasteiger partial charge in [0.1, 0.15) is 23.9 Å². The lowest BCUT2D eigenvalue weighted by molar-refractivity contribution is -0.142. The molecular weight excluding hydrogens is 544 g/mol. The minimum atomic E-state index is -1.33. The minimum Gasteiger partial charge on any atom is -0.508 e. The lowest BCUT2D eigenvalue weighted by atomic mass is 10.0. The number of aromatic hydroxyl groups is 1. The van der Waals surface area contributed by atoms with Gasteiger partial charge in [-0.05, 0) is 42.5 Å². The Bertz CT molecular complexity index is 1140. The summed E-state index contributed by atoms with van der Waals surface area (Å²) in [4.78, 5) is 68.4. The molecule has 1 aromatic carbocycles. The van der Waals surface area contributed by atoms with Crippen LogP contribution in [-0.2, 0) is 36.8 Å². The smallest absolute Gasteiger partial charge is 0.326 e. The topological polar surface area (TPSA) is 237 Å². The Morgan fingerprint density at radius 3 is 2.12 bits per heavy atom. The second kappa shape index (κ2) is 16.1. The number of phenols is 1. The van der Waals surface area contributed by atoms with E-state index in [0.29, 0.717) is 17.0 Å². The average molecular weight is 579 g/mol. The summed E-state index contributed by atoms with van der Waals surface area (Å²) in [5.74, 6) is -4.13. The van der Waals surface area contributed by atoms with E-state index in [2.05, 4.69) is 25.9 Å². The molecule has 0 saturated heterocycles. The van der Waals surface area contributed by atoms with Crippen molar-refractivity contribution in [2.75, 3.05) is 12.0 Å². The van der Waals surface area contributed by atoms with E-state index < -0.39 is 53.8 Å². The van der Waals surface area contributed by atoms with Gasteiger partial charge in [-0.25, -0.2) is 9.78 Å². The first-order valence-electron chi connectivity index (χ1n) is 12.4. The molecule has 0 radical (unpaired) electrons. The Hall–Kier alpha value is -4.11. The largest absolute Gasteiger partial charge is 0.508 e. The van der Waals surface area contributed by atoms with Crippen LogP contribution in [0, 0.1) is 0 Å². The summed E-state index contributed by atoms with van der Waals surface area (Å²) in [6, 6.07) is 1.10. The summed E-state index contributed by atoms with van der Waals surface area (Å²) in [5, 5.41) is 35.7. The first-order chi connectivity index (χ1) is 19.0. The third-order valence-corrected chi connectivity index (χ3v) is 6.50. The quantitative estimate of drug-likeness (QED) is 0.118. The number of carboxylic acid groups (broad SMARTS) is 2. The number of aromatic nitrogens is 2. The van der Waals surface area contributed by atoms with E-state index in [4.69, 9.17) is 10.8 Å². The maximum absolute atomic E-state index is 13.3. The van der Waals surface area contributed by atoms with Gasteiger partial charge in [0.2, 0.25) is 17.7 Å².